The van der Waals surface area contributed by atoms with Gasteiger partial charge in [0.2, 0.25) is 11.8 Å². The lowest BCUT2D eigenvalue weighted by atomic mass is 10.1. The Morgan fingerprint density at radius 3 is 2.65 bits per heavy atom. The maximum Gasteiger partial charge on any atom is 0.227 e. The molecule has 0 bridgehead atoms. The number of nitrogens with one attached hydrogen (secondary N) is 1. The van der Waals surface area contributed by atoms with Crippen molar-refractivity contribution in [2.24, 2.45) is 0 Å². The van der Waals surface area contributed by atoms with Crippen molar-refractivity contribution in [3.8, 4) is 0 Å². The minimum absolute atomic E-state index is 0.0677. The summed E-state index contributed by atoms with van der Waals surface area (Å²) in [7, 11) is 0. The topological polar surface area (TPSA) is 69.6 Å². The van der Waals surface area contributed by atoms with Gasteiger partial charge < -0.3 is 15.3 Å². The predicted molar refractivity (Wildman–Crippen MR) is 76.4 cm³/mol. The summed E-state index contributed by atoms with van der Waals surface area (Å²) >= 11 is 0. The molecule has 2 N–H and O–H groups in total. The number of anilines is 1. The minimum atomic E-state index is -0.232. The molecular weight excluding hydrogens is 256 g/mol. The van der Waals surface area contributed by atoms with Crippen LogP contribution in [0.1, 0.15) is 25.3 Å². The summed E-state index contributed by atoms with van der Waals surface area (Å²) in [6, 6.07) is 7.25. The van der Waals surface area contributed by atoms with Crippen LogP contribution in [0.3, 0.4) is 0 Å². The van der Waals surface area contributed by atoms with Crippen LogP contribution in [-0.2, 0) is 16.0 Å². The smallest absolute Gasteiger partial charge is 0.227 e. The zero-order chi connectivity index (χ0) is 14.5. The highest BCUT2D eigenvalue weighted by Crippen LogP contribution is 2.21. The molecule has 0 spiro atoms. The van der Waals surface area contributed by atoms with E-state index < -0.39 is 0 Å². The second kappa shape index (κ2) is 6.52. The number of hydrogen-bond donors (Lipinski definition) is 2. The molecule has 0 saturated carbocycles. The molecule has 108 valence electrons. The van der Waals surface area contributed by atoms with Gasteiger partial charge in [-0.1, -0.05) is 12.1 Å². The Labute approximate surface area is 118 Å². The van der Waals surface area contributed by atoms with Gasteiger partial charge in [-0.15, -0.1) is 0 Å². The molecule has 2 amide bonds. The first-order chi connectivity index (χ1) is 9.60. The largest absolute Gasteiger partial charge is 0.394 e. The van der Waals surface area contributed by atoms with Gasteiger partial charge in [0.15, 0.2) is 0 Å². The van der Waals surface area contributed by atoms with E-state index in [4.69, 9.17) is 5.11 Å². The summed E-state index contributed by atoms with van der Waals surface area (Å²) in [5.41, 5.74) is 1.78. The van der Waals surface area contributed by atoms with E-state index in [0.29, 0.717) is 6.42 Å². The third-order valence-corrected chi connectivity index (χ3v) is 3.37. The van der Waals surface area contributed by atoms with Crippen LogP contribution in [0.2, 0.25) is 0 Å². The SMILES string of the molecule is CC(CO)NC(=O)Cc1ccc(N2CCCC2=O)cc1. The highest BCUT2D eigenvalue weighted by atomic mass is 16.3. The third-order valence-electron chi connectivity index (χ3n) is 3.37. The zero-order valence-corrected chi connectivity index (χ0v) is 11.6. The van der Waals surface area contributed by atoms with Crippen molar-refractivity contribution < 1.29 is 14.7 Å². The monoisotopic (exact) mass is 276 g/mol. The van der Waals surface area contributed by atoms with Crippen LogP contribution in [0.5, 0.6) is 0 Å². The van der Waals surface area contributed by atoms with E-state index in [-0.39, 0.29) is 30.9 Å². The molecule has 1 heterocycles. The van der Waals surface area contributed by atoms with Gasteiger partial charge in [0.1, 0.15) is 0 Å². The fourth-order valence-electron chi connectivity index (χ4n) is 2.27. The molecule has 0 radical (unpaired) electrons. The molecular formula is C15H20N2O3. The van der Waals surface area contributed by atoms with Gasteiger partial charge in [0.25, 0.3) is 0 Å². The van der Waals surface area contributed by atoms with Crippen molar-refractivity contribution in [2.75, 3.05) is 18.1 Å². The highest BCUT2D eigenvalue weighted by molar-refractivity contribution is 5.95. The number of aliphatic hydroxyl groups excluding tert-OH is 1. The fourth-order valence-corrected chi connectivity index (χ4v) is 2.27. The van der Waals surface area contributed by atoms with Crippen LogP contribution in [-0.4, -0.2) is 36.1 Å². The summed E-state index contributed by atoms with van der Waals surface area (Å²) in [6.07, 6.45) is 1.80. The molecule has 1 aliphatic heterocycles. The van der Waals surface area contributed by atoms with Gasteiger partial charge in [-0.05, 0) is 31.0 Å². The molecule has 0 aromatic heterocycles. The van der Waals surface area contributed by atoms with E-state index in [1.54, 1.807) is 11.8 Å². The molecule has 20 heavy (non-hydrogen) atoms. The first kappa shape index (κ1) is 14.5. The maximum atomic E-state index is 11.7. The summed E-state index contributed by atoms with van der Waals surface area (Å²) in [5, 5.41) is 11.6. The lowest BCUT2D eigenvalue weighted by Crippen LogP contribution is -2.36. The predicted octanol–water partition coefficient (Wildman–Crippen LogP) is 0.853. The molecule has 1 aromatic rings. The Bertz CT molecular complexity index is 484. The molecule has 5 nitrogen and oxygen atoms in total. The number of nitrogens with zero attached hydrogens (tertiary/aromatic N) is 1. The Hall–Kier alpha value is -1.88. The molecule has 5 heteroatoms. The first-order valence-electron chi connectivity index (χ1n) is 6.89. The highest BCUT2D eigenvalue weighted by Gasteiger charge is 2.21. The van der Waals surface area contributed by atoms with Crippen molar-refractivity contribution in [1.82, 2.24) is 5.32 Å². The van der Waals surface area contributed by atoms with Gasteiger partial charge >= 0.3 is 0 Å². The number of amides is 2. The zero-order valence-electron chi connectivity index (χ0n) is 11.6. The molecule has 1 saturated heterocycles. The molecule has 2 rings (SSSR count). The van der Waals surface area contributed by atoms with E-state index in [0.717, 1.165) is 24.2 Å². The van der Waals surface area contributed by atoms with Crippen LogP contribution >= 0.6 is 0 Å². The Morgan fingerprint density at radius 2 is 2.10 bits per heavy atom. The third kappa shape index (κ3) is 3.57. The fraction of sp³-hybridized carbons (Fsp3) is 0.467. The summed E-state index contributed by atoms with van der Waals surface area (Å²) in [6.45, 7) is 2.45. The summed E-state index contributed by atoms with van der Waals surface area (Å²) < 4.78 is 0. The van der Waals surface area contributed by atoms with E-state index in [1.807, 2.05) is 24.3 Å². The first-order valence-corrected chi connectivity index (χ1v) is 6.89. The minimum Gasteiger partial charge on any atom is -0.394 e. The number of hydrogen-bond acceptors (Lipinski definition) is 3. The van der Waals surface area contributed by atoms with Crippen LogP contribution < -0.4 is 10.2 Å². The average molecular weight is 276 g/mol. The second-order valence-electron chi connectivity index (χ2n) is 5.14. The van der Waals surface area contributed by atoms with Crippen LogP contribution in [0, 0.1) is 0 Å². The van der Waals surface area contributed by atoms with Gasteiger partial charge in [-0.25, -0.2) is 0 Å². The second-order valence-corrected chi connectivity index (χ2v) is 5.14. The number of benzene rings is 1. The molecule has 0 aliphatic carbocycles. The van der Waals surface area contributed by atoms with Crippen molar-refractivity contribution in [2.45, 2.75) is 32.2 Å². The number of aliphatic hydroxyl groups is 1. The van der Waals surface area contributed by atoms with E-state index in [2.05, 4.69) is 5.32 Å². The quantitative estimate of drug-likeness (QED) is 0.838. The average Bonchev–Trinajstić information content (AvgIpc) is 2.85. The number of carbonyl (C=O) groups is 2. The molecule has 1 aliphatic rings. The molecule has 1 aromatic carbocycles. The van der Waals surface area contributed by atoms with Crippen molar-refractivity contribution in [3.63, 3.8) is 0 Å². The normalized spacial score (nSPS) is 16.3. The Balaban J connectivity index is 1.94. The summed E-state index contributed by atoms with van der Waals surface area (Å²) in [5.74, 6) is 0.0452. The molecule has 1 atom stereocenters. The van der Waals surface area contributed by atoms with E-state index in [9.17, 15) is 9.59 Å². The van der Waals surface area contributed by atoms with Gasteiger partial charge in [0.05, 0.1) is 13.0 Å². The van der Waals surface area contributed by atoms with Crippen LogP contribution in [0.25, 0.3) is 0 Å². The van der Waals surface area contributed by atoms with Crippen LogP contribution in [0.15, 0.2) is 24.3 Å². The van der Waals surface area contributed by atoms with Crippen LogP contribution in [0.4, 0.5) is 5.69 Å². The van der Waals surface area contributed by atoms with Gasteiger partial charge in [-0.3, -0.25) is 9.59 Å². The van der Waals surface area contributed by atoms with Gasteiger partial charge in [0, 0.05) is 24.7 Å². The van der Waals surface area contributed by atoms with Gasteiger partial charge in [-0.2, -0.15) is 0 Å². The maximum absolute atomic E-state index is 11.7. The molecule has 1 unspecified atom stereocenters. The number of carbonyl (C=O) groups excluding carboxylic acids is 2. The van der Waals surface area contributed by atoms with E-state index >= 15 is 0 Å². The molecule has 1 fully saturated rings. The lowest BCUT2D eigenvalue weighted by molar-refractivity contribution is -0.121. The standard InChI is InChI=1S/C15H20N2O3/c1-11(10-18)16-14(19)9-12-4-6-13(7-5-12)17-8-2-3-15(17)20/h4-7,11,18H,2-3,8-10H2,1H3,(H,16,19). The Morgan fingerprint density at radius 1 is 1.40 bits per heavy atom. The number of rotatable bonds is 5. The van der Waals surface area contributed by atoms with Crippen molar-refractivity contribution in [3.05, 3.63) is 29.8 Å². The Kier molecular flexibility index (Phi) is 4.74. The van der Waals surface area contributed by atoms with E-state index in [1.165, 1.54) is 0 Å². The lowest BCUT2D eigenvalue weighted by Gasteiger charge is -2.16. The summed E-state index contributed by atoms with van der Waals surface area (Å²) in [4.78, 5) is 25.1. The van der Waals surface area contributed by atoms with Crippen molar-refractivity contribution in [1.29, 1.82) is 0 Å². The van der Waals surface area contributed by atoms with Crippen molar-refractivity contribution >= 4 is 17.5 Å².